The maximum atomic E-state index is 12.6. The molecule has 1 saturated carbocycles. The Labute approximate surface area is 168 Å². The molecule has 2 rings (SSSR count). The number of rotatable bonds is 8. The van der Waals surface area contributed by atoms with Crippen LogP contribution >= 0.6 is 0 Å². The fourth-order valence-corrected chi connectivity index (χ4v) is 5.01. The van der Waals surface area contributed by atoms with Crippen LogP contribution < -0.4 is 10.6 Å². The largest absolute Gasteiger partial charge is 0.356 e. The number of nitrogens with zero attached hydrogens (tertiary/aromatic N) is 2. The van der Waals surface area contributed by atoms with Crippen molar-refractivity contribution in [3.05, 3.63) is 30.3 Å². The molecule has 7 nitrogen and oxygen atoms in total. The van der Waals surface area contributed by atoms with E-state index in [4.69, 9.17) is 0 Å². The van der Waals surface area contributed by atoms with Crippen LogP contribution in [-0.2, 0) is 14.6 Å². The Balaban J connectivity index is 1.82. The second kappa shape index (κ2) is 9.91. The minimum Gasteiger partial charge on any atom is -0.356 e. The lowest BCUT2D eigenvalue weighted by atomic mass is 9.84. The molecule has 156 valence electrons. The molecule has 0 bridgehead atoms. The molecule has 0 aliphatic heterocycles. The van der Waals surface area contributed by atoms with E-state index in [1.54, 1.807) is 56.4 Å². The Bertz CT molecular complexity index is 770. The molecule has 0 aromatic heterocycles. The van der Waals surface area contributed by atoms with E-state index in [0.717, 1.165) is 25.7 Å². The zero-order valence-corrected chi connectivity index (χ0v) is 17.9. The van der Waals surface area contributed by atoms with Gasteiger partial charge >= 0.3 is 0 Å². The van der Waals surface area contributed by atoms with E-state index in [0.29, 0.717) is 30.4 Å². The molecule has 1 aliphatic rings. The van der Waals surface area contributed by atoms with Crippen LogP contribution in [-0.4, -0.2) is 65.2 Å². The maximum absolute atomic E-state index is 12.6. The van der Waals surface area contributed by atoms with Crippen molar-refractivity contribution in [2.24, 2.45) is 10.4 Å². The van der Waals surface area contributed by atoms with Crippen LogP contribution in [0.2, 0.25) is 0 Å². The van der Waals surface area contributed by atoms with Gasteiger partial charge in [-0.15, -0.1) is 0 Å². The number of hydrogen-bond acceptors (Lipinski definition) is 4. The summed E-state index contributed by atoms with van der Waals surface area (Å²) in [5, 5.41) is 6.41. The molecule has 0 unspecified atom stereocenters. The van der Waals surface area contributed by atoms with Crippen LogP contribution in [0.25, 0.3) is 0 Å². The molecule has 1 amide bonds. The third kappa shape index (κ3) is 5.70. The van der Waals surface area contributed by atoms with Gasteiger partial charge in [-0.1, -0.05) is 31.0 Å². The van der Waals surface area contributed by atoms with Gasteiger partial charge in [-0.3, -0.25) is 9.79 Å². The van der Waals surface area contributed by atoms with Crippen LogP contribution in [0.1, 0.15) is 32.1 Å². The summed E-state index contributed by atoms with van der Waals surface area (Å²) < 4.78 is 24.6. The van der Waals surface area contributed by atoms with Gasteiger partial charge in [-0.05, 0) is 31.4 Å². The lowest BCUT2D eigenvalue weighted by molar-refractivity contribution is -0.138. The summed E-state index contributed by atoms with van der Waals surface area (Å²) in [5.41, 5.74) is -0.377. The molecule has 1 aromatic rings. The van der Waals surface area contributed by atoms with E-state index in [-0.39, 0.29) is 17.1 Å². The van der Waals surface area contributed by atoms with Crippen molar-refractivity contribution in [2.45, 2.75) is 37.0 Å². The van der Waals surface area contributed by atoms with Gasteiger partial charge in [0.25, 0.3) is 0 Å². The molecule has 1 aliphatic carbocycles. The van der Waals surface area contributed by atoms with E-state index in [1.807, 2.05) is 0 Å². The highest BCUT2D eigenvalue weighted by Crippen LogP contribution is 2.38. The zero-order valence-electron chi connectivity index (χ0n) is 17.1. The van der Waals surface area contributed by atoms with Crippen LogP contribution in [0.5, 0.6) is 0 Å². The van der Waals surface area contributed by atoms with Crippen molar-refractivity contribution in [2.75, 3.05) is 40.0 Å². The minimum atomic E-state index is -3.27. The predicted octanol–water partition coefficient (Wildman–Crippen LogP) is 1.66. The van der Waals surface area contributed by atoms with E-state index >= 15 is 0 Å². The first kappa shape index (κ1) is 22.2. The normalized spacial score (nSPS) is 16.6. The molecular formula is C20H32N4O3S. The first-order valence-electron chi connectivity index (χ1n) is 9.75. The van der Waals surface area contributed by atoms with Gasteiger partial charge < -0.3 is 15.5 Å². The molecule has 0 radical (unpaired) electrons. The first-order valence-corrected chi connectivity index (χ1v) is 11.4. The average Bonchev–Trinajstić information content (AvgIpc) is 3.17. The second-order valence-electron chi connectivity index (χ2n) is 7.53. The molecule has 1 fully saturated rings. The zero-order chi connectivity index (χ0) is 20.6. The van der Waals surface area contributed by atoms with Crippen LogP contribution in [0.4, 0.5) is 0 Å². The van der Waals surface area contributed by atoms with Crippen LogP contribution in [0.15, 0.2) is 40.2 Å². The molecule has 8 heteroatoms. The lowest BCUT2D eigenvalue weighted by Crippen LogP contribution is -2.49. The average molecular weight is 409 g/mol. The fraction of sp³-hybridized carbons (Fsp3) is 0.600. The number of benzene rings is 1. The van der Waals surface area contributed by atoms with Gasteiger partial charge in [-0.25, -0.2) is 8.42 Å². The number of guanidine groups is 1. The van der Waals surface area contributed by atoms with Crippen LogP contribution in [0.3, 0.4) is 0 Å². The van der Waals surface area contributed by atoms with Gasteiger partial charge in [-0.2, -0.15) is 0 Å². The number of sulfone groups is 1. The molecule has 0 heterocycles. The fourth-order valence-electron chi connectivity index (χ4n) is 3.68. The van der Waals surface area contributed by atoms with Gasteiger partial charge in [0.2, 0.25) is 5.91 Å². The number of hydrogen-bond donors (Lipinski definition) is 2. The van der Waals surface area contributed by atoms with E-state index in [1.165, 1.54) is 0 Å². The molecule has 0 spiro atoms. The number of nitrogens with one attached hydrogen (secondary N) is 2. The van der Waals surface area contributed by atoms with Crippen molar-refractivity contribution in [3.8, 4) is 0 Å². The molecule has 2 N–H and O–H groups in total. The summed E-state index contributed by atoms with van der Waals surface area (Å²) in [6, 6.07) is 8.49. The number of amides is 1. The molecular weight excluding hydrogens is 376 g/mol. The number of carbonyl (C=O) groups excluding carboxylic acids is 1. The van der Waals surface area contributed by atoms with E-state index in [2.05, 4.69) is 15.6 Å². The van der Waals surface area contributed by atoms with E-state index in [9.17, 15) is 13.2 Å². The second-order valence-corrected chi connectivity index (χ2v) is 9.63. The summed E-state index contributed by atoms with van der Waals surface area (Å²) in [5.74, 6) is 0.821. The third-order valence-electron chi connectivity index (χ3n) is 5.22. The smallest absolute Gasteiger partial charge is 0.230 e. The molecule has 28 heavy (non-hydrogen) atoms. The Morgan fingerprint density at radius 2 is 1.79 bits per heavy atom. The molecule has 1 aromatic carbocycles. The molecule has 0 atom stereocenters. The van der Waals surface area contributed by atoms with Gasteiger partial charge in [0.1, 0.15) is 0 Å². The Morgan fingerprint density at radius 1 is 1.14 bits per heavy atom. The minimum absolute atomic E-state index is 0.0735. The van der Waals surface area contributed by atoms with Gasteiger partial charge in [0, 0.05) is 34.2 Å². The highest BCUT2D eigenvalue weighted by Gasteiger charge is 2.42. The highest BCUT2D eigenvalue weighted by molar-refractivity contribution is 7.91. The van der Waals surface area contributed by atoms with Crippen molar-refractivity contribution in [3.63, 3.8) is 0 Å². The first-order chi connectivity index (χ1) is 13.3. The summed E-state index contributed by atoms with van der Waals surface area (Å²) in [7, 11) is 1.99. The summed E-state index contributed by atoms with van der Waals surface area (Å²) in [6.07, 6.45) is 4.35. The Hall–Kier alpha value is -2.09. The van der Waals surface area contributed by atoms with Crippen molar-refractivity contribution < 1.29 is 13.2 Å². The van der Waals surface area contributed by atoms with Crippen molar-refractivity contribution >= 4 is 21.7 Å². The third-order valence-corrected chi connectivity index (χ3v) is 7.04. The van der Waals surface area contributed by atoms with Crippen LogP contribution in [0, 0.1) is 5.41 Å². The van der Waals surface area contributed by atoms with Gasteiger partial charge in [0.05, 0.1) is 16.1 Å². The van der Waals surface area contributed by atoms with Gasteiger partial charge in [0.15, 0.2) is 15.8 Å². The monoisotopic (exact) mass is 408 g/mol. The number of carbonyl (C=O) groups is 1. The summed E-state index contributed by atoms with van der Waals surface area (Å²) >= 11 is 0. The molecule has 0 saturated heterocycles. The SMILES string of the molecule is CN=C(NCCCS(=O)(=O)c1ccccc1)NCC1(C(=O)N(C)C)CCCC1. The summed E-state index contributed by atoms with van der Waals surface area (Å²) in [6.45, 7) is 1.02. The Morgan fingerprint density at radius 3 is 2.36 bits per heavy atom. The standard InChI is InChI=1S/C20H32N4O3S/c1-21-19(23-16-20(12-7-8-13-20)18(25)24(2)3)22-14-9-15-28(26,27)17-10-5-4-6-11-17/h4-6,10-11H,7-9,12-16H2,1-3H3,(H2,21,22,23). The summed E-state index contributed by atoms with van der Waals surface area (Å²) in [4.78, 5) is 18.8. The highest BCUT2D eigenvalue weighted by atomic mass is 32.2. The topological polar surface area (TPSA) is 90.9 Å². The quantitative estimate of drug-likeness (QED) is 0.388. The maximum Gasteiger partial charge on any atom is 0.230 e. The van der Waals surface area contributed by atoms with Crippen molar-refractivity contribution in [1.82, 2.24) is 15.5 Å². The number of aliphatic imine (C=N–C) groups is 1. The Kier molecular flexibility index (Phi) is 7.86. The van der Waals surface area contributed by atoms with E-state index < -0.39 is 9.84 Å². The van der Waals surface area contributed by atoms with Crippen molar-refractivity contribution in [1.29, 1.82) is 0 Å². The lowest BCUT2D eigenvalue weighted by Gasteiger charge is -2.31. The predicted molar refractivity (Wildman–Crippen MR) is 112 cm³/mol.